The van der Waals surface area contributed by atoms with E-state index in [4.69, 9.17) is 16.1 Å². The fourth-order valence-electron chi connectivity index (χ4n) is 2.86. The molecule has 0 aliphatic carbocycles. The third-order valence-electron chi connectivity index (χ3n) is 4.40. The highest BCUT2D eigenvalue weighted by Crippen LogP contribution is 2.30. The molecule has 0 bridgehead atoms. The highest BCUT2D eigenvalue weighted by molar-refractivity contribution is 6.31. The van der Waals surface area contributed by atoms with E-state index < -0.39 is 6.03 Å². The van der Waals surface area contributed by atoms with Gasteiger partial charge in [0, 0.05) is 29.5 Å². The van der Waals surface area contributed by atoms with E-state index >= 15 is 0 Å². The van der Waals surface area contributed by atoms with Gasteiger partial charge in [0.05, 0.1) is 29.7 Å². The van der Waals surface area contributed by atoms with Crippen molar-refractivity contribution >= 4 is 29.0 Å². The van der Waals surface area contributed by atoms with Crippen LogP contribution in [0.2, 0.25) is 5.02 Å². The van der Waals surface area contributed by atoms with E-state index in [2.05, 4.69) is 30.9 Å². The van der Waals surface area contributed by atoms with Gasteiger partial charge < -0.3 is 15.2 Å². The number of aromatic nitrogens is 5. The summed E-state index contributed by atoms with van der Waals surface area (Å²) < 4.78 is 7.08. The van der Waals surface area contributed by atoms with E-state index in [1.54, 1.807) is 47.7 Å². The number of hydrogen-bond donors (Lipinski definition) is 2. The quantitative estimate of drug-likeness (QED) is 0.448. The van der Waals surface area contributed by atoms with Crippen molar-refractivity contribution in [2.24, 2.45) is 0 Å². The van der Waals surface area contributed by atoms with Crippen molar-refractivity contribution < 1.29 is 9.32 Å². The van der Waals surface area contributed by atoms with Gasteiger partial charge in [0.15, 0.2) is 5.82 Å². The first-order valence-corrected chi connectivity index (χ1v) is 9.98. The van der Waals surface area contributed by atoms with Gasteiger partial charge in [-0.1, -0.05) is 30.6 Å². The highest BCUT2D eigenvalue weighted by atomic mass is 35.5. The van der Waals surface area contributed by atoms with Gasteiger partial charge in [-0.25, -0.2) is 4.79 Å². The maximum absolute atomic E-state index is 12.6. The Bertz CT molecular complexity index is 1190. The smallest absolute Gasteiger partial charge is 0.323 e. The predicted molar refractivity (Wildman–Crippen MR) is 117 cm³/mol. The number of nitrogens with zero attached hydrogens (tertiary/aromatic N) is 5. The topological polar surface area (TPSA) is 111 Å². The van der Waals surface area contributed by atoms with Crippen molar-refractivity contribution in [3.8, 4) is 11.5 Å². The van der Waals surface area contributed by atoms with Crippen LogP contribution >= 0.6 is 11.6 Å². The van der Waals surface area contributed by atoms with E-state index in [0.29, 0.717) is 34.3 Å². The number of benzene rings is 1. The summed E-state index contributed by atoms with van der Waals surface area (Å²) in [5, 5.41) is 14.3. The summed E-state index contributed by atoms with van der Waals surface area (Å²) >= 11 is 6.14. The van der Waals surface area contributed by atoms with Crippen molar-refractivity contribution in [1.82, 2.24) is 24.9 Å². The highest BCUT2D eigenvalue weighted by Gasteiger charge is 2.17. The molecule has 1 aromatic carbocycles. The Labute approximate surface area is 183 Å². The van der Waals surface area contributed by atoms with Crippen LogP contribution in [0.25, 0.3) is 11.5 Å². The molecule has 31 heavy (non-hydrogen) atoms. The zero-order chi connectivity index (χ0) is 21.8. The first-order valence-electron chi connectivity index (χ1n) is 9.61. The molecule has 10 heteroatoms. The van der Waals surface area contributed by atoms with Gasteiger partial charge in [0.25, 0.3) is 5.89 Å². The Hall–Kier alpha value is -3.72. The van der Waals surface area contributed by atoms with E-state index in [1.165, 1.54) is 0 Å². The Morgan fingerprint density at radius 1 is 1.19 bits per heavy atom. The second kappa shape index (κ2) is 8.97. The minimum Gasteiger partial charge on any atom is -0.334 e. The molecule has 0 saturated carbocycles. The summed E-state index contributed by atoms with van der Waals surface area (Å²) in [6, 6.07) is 8.41. The van der Waals surface area contributed by atoms with Crippen molar-refractivity contribution in [2.45, 2.75) is 26.3 Å². The molecule has 158 valence electrons. The van der Waals surface area contributed by atoms with Gasteiger partial charge in [-0.05, 0) is 35.9 Å². The number of hydrogen-bond acceptors (Lipinski definition) is 6. The minimum absolute atomic E-state index is 0.111. The van der Waals surface area contributed by atoms with E-state index in [-0.39, 0.29) is 11.8 Å². The average Bonchev–Trinajstić information content (AvgIpc) is 3.40. The number of amides is 2. The fraction of sp³-hybridized carbons (Fsp3) is 0.190. The van der Waals surface area contributed by atoms with E-state index in [9.17, 15) is 4.79 Å². The normalized spacial score (nSPS) is 11.0. The first kappa shape index (κ1) is 20.5. The zero-order valence-electron chi connectivity index (χ0n) is 16.9. The van der Waals surface area contributed by atoms with Crippen molar-refractivity contribution in [1.29, 1.82) is 0 Å². The van der Waals surface area contributed by atoms with Crippen LogP contribution in [-0.4, -0.2) is 30.9 Å². The summed E-state index contributed by atoms with van der Waals surface area (Å²) in [5.41, 5.74) is 2.64. The van der Waals surface area contributed by atoms with E-state index in [0.717, 1.165) is 5.56 Å². The van der Waals surface area contributed by atoms with Gasteiger partial charge in [-0.3, -0.25) is 9.67 Å². The summed E-state index contributed by atoms with van der Waals surface area (Å²) in [6.07, 6.45) is 6.78. The number of urea groups is 1. The molecule has 2 N–H and O–H groups in total. The number of nitrogens with one attached hydrogen (secondary N) is 2. The molecule has 9 nitrogen and oxygen atoms in total. The fourth-order valence-corrected chi connectivity index (χ4v) is 3.03. The van der Waals surface area contributed by atoms with Gasteiger partial charge >= 0.3 is 6.03 Å². The molecule has 0 saturated heterocycles. The van der Waals surface area contributed by atoms with Crippen molar-refractivity contribution in [3.63, 3.8) is 0 Å². The van der Waals surface area contributed by atoms with Crippen LogP contribution in [0.4, 0.5) is 16.2 Å². The first-order chi connectivity index (χ1) is 15.0. The third kappa shape index (κ3) is 5.07. The van der Waals surface area contributed by atoms with Crippen LogP contribution in [0.5, 0.6) is 0 Å². The van der Waals surface area contributed by atoms with Gasteiger partial charge in [-0.15, -0.1) is 0 Å². The van der Waals surface area contributed by atoms with Crippen LogP contribution in [0.3, 0.4) is 0 Å². The number of rotatable bonds is 6. The second-order valence-electron chi connectivity index (χ2n) is 7.16. The molecule has 4 rings (SSSR count). The molecule has 0 spiro atoms. The van der Waals surface area contributed by atoms with Crippen LogP contribution in [-0.2, 0) is 6.54 Å². The molecule has 0 unspecified atom stereocenters. The van der Waals surface area contributed by atoms with Gasteiger partial charge in [0.2, 0.25) is 0 Å². The number of anilines is 2. The zero-order valence-corrected chi connectivity index (χ0v) is 17.7. The Balaban J connectivity index is 1.46. The monoisotopic (exact) mass is 437 g/mol. The lowest BCUT2D eigenvalue weighted by atomic mass is 10.1. The lowest BCUT2D eigenvalue weighted by Gasteiger charge is -2.09. The van der Waals surface area contributed by atoms with Crippen molar-refractivity contribution in [3.05, 3.63) is 71.5 Å². The molecule has 2 amide bonds. The molecular weight excluding hydrogens is 418 g/mol. The maximum atomic E-state index is 12.6. The molecule has 0 aliphatic rings. The van der Waals surface area contributed by atoms with Gasteiger partial charge in [-0.2, -0.15) is 10.1 Å². The SMILES string of the molecule is CC(C)c1noc(-c2cc(Cl)ccc2NC(=O)Nc2cnn(Cc3ccncc3)c2)n1. The Kier molecular flexibility index (Phi) is 5.94. The van der Waals surface area contributed by atoms with Crippen LogP contribution in [0.15, 0.2) is 59.6 Å². The Morgan fingerprint density at radius 2 is 2.00 bits per heavy atom. The molecule has 0 aliphatic heterocycles. The Morgan fingerprint density at radius 3 is 2.74 bits per heavy atom. The minimum atomic E-state index is -0.435. The molecule has 3 aromatic heterocycles. The maximum Gasteiger partial charge on any atom is 0.323 e. The summed E-state index contributed by atoms with van der Waals surface area (Å²) in [5.74, 6) is 0.971. The summed E-state index contributed by atoms with van der Waals surface area (Å²) in [7, 11) is 0. The summed E-state index contributed by atoms with van der Waals surface area (Å²) in [6.45, 7) is 4.50. The van der Waals surface area contributed by atoms with Gasteiger partial charge in [0.1, 0.15) is 0 Å². The van der Waals surface area contributed by atoms with Crippen LogP contribution in [0, 0.1) is 0 Å². The van der Waals surface area contributed by atoms with Crippen LogP contribution < -0.4 is 10.6 Å². The molecule has 0 atom stereocenters. The van der Waals surface area contributed by atoms with Crippen molar-refractivity contribution in [2.75, 3.05) is 10.6 Å². The molecule has 4 aromatic rings. The van der Waals surface area contributed by atoms with Crippen LogP contribution in [0.1, 0.15) is 31.2 Å². The second-order valence-corrected chi connectivity index (χ2v) is 7.60. The van der Waals surface area contributed by atoms with E-state index in [1.807, 2.05) is 26.0 Å². The molecular formula is C21H20ClN7O2. The summed E-state index contributed by atoms with van der Waals surface area (Å²) in [4.78, 5) is 21.0. The number of halogens is 1. The average molecular weight is 438 g/mol. The molecule has 3 heterocycles. The predicted octanol–water partition coefficient (Wildman–Crippen LogP) is 4.80. The third-order valence-corrected chi connectivity index (χ3v) is 4.64. The number of carbonyl (C=O) groups is 1. The molecule has 0 fully saturated rings. The lowest BCUT2D eigenvalue weighted by Crippen LogP contribution is -2.19. The molecule has 0 radical (unpaired) electrons. The lowest BCUT2D eigenvalue weighted by molar-refractivity contribution is 0.262. The standard InChI is InChI=1S/C21H20ClN7O2/c1-13(2)19-27-20(31-28-19)17-9-15(22)3-4-18(17)26-21(30)25-16-10-24-29(12-16)11-14-5-7-23-8-6-14/h3-10,12-13H,11H2,1-2H3,(H2,25,26,30). The number of pyridine rings is 1. The number of carbonyl (C=O) groups excluding carboxylic acids is 1. The largest absolute Gasteiger partial charge is 0.334 e.